The molecule has 5 N–H and O–H groups in total. The molecule has 11 heteroatoms. The van der Waals surface area contributed by atoms with E-state index in [4.69, 9.17) is 20.9 Å². The molecule has 5 aliphatic rings. The van der Waals surface area contributed by atoms with Gasteiger partial charge in [-0.25, -0.2) is 0 Å². The number of aromatic nitrogens is 4. The molecule has 2 heterocycles. The summed E-state index contributed by atoms with van der Waals surface area (Å²) in [6.07, 6.45) is 5.55. The molecule has 0 spiro atoms. The molecular weight excluding hydrogens is 608 g/mol. The molecule has 0 aromatic carbocycles. The van der Waals surface area contributed by atoms with Crippen LogP contribution in [0.5, 0.6) is 0 Å². The molecule has 1 aromatic heterocycles. The summed E-state index contributed by atoms with van der Waals surface area (Å²) >= 11 is 0. The lowest BCUT2D eigenvalue weighted by molar-refractivity contribution is -0.252. The number of nitrogen functional groups attached to an aromatic ring is 1. The Morgan fingerprint density at radius 2 is 1.83 bits per heavy atom. The Balaban J connectivity index is 1.48. The molecule has 0 amide bonds. The molecule has 11 nitrogen and oxygen atoms in total. The van der Waals surface area contributed by atoms with Crippen molar-refractivity contribution in [3.05, 3.63) is 11.6 Å². The lowest BCUT2D eigenvalue weighted by Gasteiger charge is -2.70. The van der Waals surface area contributed by atoms with Gasteiger partial charge in [0.15, 0.2) is 5.78 Å². The van der Waals surface area contributed by atoms with Crippen molar-refractivity contribution in [2.24, 2.45) is 68.3 Å². The fourth-order valence-corrected chi connectivity index (χ4v) is 11.7. The van der Waals surface area contributed by atoms with E-state index >= 15 is 0 Å². The molecule has 1 saturated heterocycles. The maximum Gasteiger partial charge on any atom is 0.308 e. The predicted octanol–water partition coefficient (Wildman–Crippen LogP) is 5.32. The van der Waals surface area contributed by atoms with E-state index in [1.54, 1.807) is 4.80 Å². The van der Waals surface area contributed by atoms with Gasteiger partial charge in [-0.05, 0) is 90.7 Å². The zero-order valence-electron chi connectivity index (χ0n) is 30.9. The van der Waals surface area contributed by atoms with Gasteiger partial charge in [0.05, 0.1) is 31.8 Å². The summed E-state index contributed by atoms with van der Waals surface area (Å²) in [6, 6.07) is -0.313. The van der Waals surface area contributed by atoms with E-state index in [1.807, 2.05) is 19.9 Å². The Hall–Kier alpha value is -2.37. The molecule has 48 heavy (non-hydrogen) atoms. The van der Waals surface area contributed by atoms with Gasteiger partial charge in [-0.3, -0.25) is 9.59 Å². The topological polar surface area (TPSA) is 168 Å². The minimum atomic E-state index is -1.05. The largest absolute Gasteiger partial charge is 0.481 e. The number of nitrogens with zero attached hydrogens (tertiary/aromatic N) is 4. The SMILES string of the molecule is CC(C)[C@@H](C)[C@@]1(C)CC[C@]2(C)[C@H]3CC[C@@H]4C5(COC[C@]4(C)[C@@H](OCC(C)(N)C(C)C)[C@H](n4nnc(N)n4)C5)C3=CC(=O)[C@@]2(C)[C@@H]1C(=O)O. The molecule has 1 aromatic rings. The smallest absolute Gasteiger partial charge is 0.308 e. The number of tetrazole rings is 1. The quantitative estimate of drug-likeness (QED) is 0.330. The highest BCUT2D eigenvalue weighted by molar-refractivity contribution is 6.00. The van der Waals surface area contributed by atoms with Crippen LogP contribution in [0.25, 0.3) is 0 Å². The zero-order valence-corrected chi connectivity index (χ0v) is 30.9. The van der Waals surface area contributed by atoms with Gasteiger partial charge in [0.2, 0.25) is 0 Å². The summed E-state index contributed by atoms with van der Waals surface area (Å²) in [5, 5.41) is 23.9. The lowest BCUT2D eigenvalue weighted by Crippen LogP contribution is -2.70. The van der Waals surface area contributed by atoms with Crippen LogP contribution >= 0.6 is 0 Å². The van der Waals surface area contributed by atoms with Crippen LogP contribution in [0.3, 0.4) is 0 Å². The Morgan fingerprint density at radius 3 is 2.42 bits per heavy atom. The number of aliphatic carboxylic acids is 1. The number of carbonyl (C=O) groups excluding carboxylic acids is 1. The molecule has 12 atom stereocenters. The van der Waals surface area contributed by atoms with Crippen LogP contribution in [0, 0.1) is 62.6 Å². The number of ether oxygens (including phenoxy) is 2. The van der Waals surface area contributed by atoms with E-state index in [-0.39, 0.29) is 47.5 Å². The maximum absolute atomic E-state index is 14.9. The number of allylic oxidation sites excluding steroid dienone is 1. The van der Waals surface area contributed by atoms with Crippen molar-refractivity contribution in [2.75, 3.05) is 25.6 Å². The first-order valence-electron chi connectivity index (χ1n) is 18.2. The highest BCUT2D eigenvalue weighted by atomic mass is 16.5. The summed E-state index contributed by atoms with van der Waals surface area (Å²) in [7, 11) is 0. The van der Waals surface area contributed by atoms with E-state index in [9.17, 15) is 14.7 Å². The molecule has 4 aliphatic carbocycles. The van der Waals surface area contributed by atoms with E-state index in [2.05, 4.69) is 70.8 Å². The minimum absolute atomic E-state index is 0.0447. The Labute approximate surface area is 286 Å². The van der Waals surface area contributed by atoms with Crippen LogP contribution in [0.1, 0.15) is 107 Å². The van der Waals surface area contributed by atoms with Crippen LogP contribution in [-0.4, -0.2) is 68.5 Å². The second kappa shape index (κ2) is 11.3. The van der Waals surface area contributed by atoms with Crippen LogP contribution in [0.15, 0.2) is 11.6 Å². The van der Waals surface area contributed by atoms with E-state index < -0.39 is 44.5 Å². The number of hydrogen-bond acceptors (Lipinski definition) is 9. The number of anilines is 1. The van der Waals surface area contributed by atoms with Crippen molar-refractivity contribution >= 4 is 17.7 Å². The third-order valence-corrected chi connectivity index (χ3v) is 15.6. The van der Waals surface area contributed by atoms with Gasteiger partial charge in [-0.2, -0.15) is 4.80 Å². The average Bonchev–Trinajstić information content (AvgIpc) is 3.43. The van der Waals surface area contributed by atoms with E-state index in [1.165, 1.54) is 0 Å². The normalized spacial score (nSPS) is 44.3. The Kier molecular flexibility index (Phi) is 8.36. The highest BCUT2D eigenvalue weighted by Gasteiger charge is 2.74. The number of carboxylic acids is 1. The Bertz CT molecular complexity index is 1490. The highest BCUT2D eigenvalue weighted by Crippen LogP contribution is 2.74. The number of fused-ring (bicyclic) bond motifs is 3. The van der Waals surface area contributed by atoms with Crippen molar-refractivity contribution in [2.45, 2.75) is 119 Å². The number of hydrogen-bond donors (Lipinski definition) is 3. The molecule has 3 saturated carbocycles. The second-order valence-corrected chi connectivity index (χ2v) is 18.4. The molecule has 0 radical (unpaired) electrons. The first-order valence-corrected chi connectivity index (χ1v) is 18.2. The standard InChI is InChI=1S/C37H60N6O5/c1-20(2)22(5)32(6)13-14-34(8)23-11-12-26-33(7)17-47-19-37(26,24(23)15-27(44)36(34,10)28(32)30(45)46)16-25(43-41-31(38)40-42-43)29(33)48-18-35(9,39)21(3)4/h15,20-23,25-26,28-29H,11-14,16-19,39H2,1-10H3,(H2,38,41)(H,45,46)/t22-,23+,25-,26+,28-,29+,32-,33+,34-,35?,36+,37?/m1/s1. The monoisotopic (exact) mass is 668 g/mol. The molecule has 6 rings (SSSR count). The van der Waals surface area contributed by atoms with Crippen molar-refractivity contribution in [1.82, 2.24) is 20.2 Å². The molecule has 4 fully saturated rings. The van der Waals surface area contributed by atoms with E-state index in [0.717, 1.165) is 31.3 Å². The van der Waals surface area contributed by atoms with E-state index in [0.29, 0.717) is 32.2 Å². The molecular formula is C37H60N6O5. The van der Waals surface area contributed by atoms with Crippen LogP contribution < -0.4 is 11.5 Å². The fourth-order valence-electron chi connectivity index (χ4n) is 11.7. The number of rotatable bonds is 8. The summed E-state index contributed by atoms with van der Waals surface area (Å²) in [4.78, 5) is 30.0. The van der Waals surface area contributed by atoms with Gasteiger partial charge >= 0.3 is 5.97 Å². The van der Waals surface area contributed by atoms with Gasteiger partial charge in [0, 0.05) is 21.8 Å². The summed E-state index contributed by atoms with van der Waals surface area (Å²) < 4.78 is 13.5. The first kappa shape index (κ1) is 35.5. The summed E-state index contributed by atoms with van der Waals surface area (Å²) in [6.45, 7) is 22.6. The van der Waals surface area contributed by atoms with Gasteiger partial charge < -0.3 is 26.0 Å². The minimum Gasteiger partial charge on any atom is -0.481 e. The number of carbonyl (C=O) groups is 2. The van der Waals surface area contributed by atoms with Gasteiger partial charge in [-0.15, -0.1) is 5.10 Å². The first-order chi connectivity index (χ1) is 22.2. The van der Waals surface area contributed by atoms with Crippen LogP contribution in [0.2, 0.25) is 0 Å². The molecule has 268 valence electrons. The second-order valence-electron chi connectivity index (χ2n) is 18.4. The third-order valence-electron chi connectivity index (χ3n) is 15.6. The lowest BCUT2D eigenvalue weighted by atomic mass is 9.34. The van der Waals surface area contributed by atoms with Gasteiger partial charge in [0.1, 0.15) is 6.04 Å². The predicted molar refractivity (Wildman–Crippen MR) is 182 cm³/mol. The molecule has 2 bridgehead atoms. The fraction of sp³-hybridized carbons (Fsp3) is 0.865. The van der Waals surface area contributed by atoms with Crippen molar-refractivity contribution in [1.29, 1.82) is 0 Å². The van der Waals surface area contributed by atoms with Crippen molar-refractivity contribution in [3.63, 3.8) is 0 Å². The maximum atomic E-state index is 14.9. The Morgan fingerprint density at radius 1 is 1.15 bits per heavy atom. The number of nitrogens with two attached hydrogens (primary N) is 2. The van der Waals surface area contributed by atoms with Crippen LogP contribution in [0.4, 0.5) is 5.95 Å². The zero-order chi connectivity index (χ0) is 35.4. The third kappa shape index (κ3) is 4.65. The molecule has 1 aliphatic heterocycles. The molecule has 2 unspecified atom stereocenters. The summed E-state index contributed by atoms with van der Waals surface area (Å²) in [5.74, 6) is -0.735. The number of carboxylic acid groups (broad SMARTS) is 1. The van der Waals surface area contributed by atoms with Gasteiger partial charge in [0.25, 0.3) is 5.95 Å². The number of ketones is 1. The van der Waals surface area contributed by atoms with Crippen LogP contribution in [-0.2, 0) is 19.1 Å². The van der Waals surface area contributed by atoms with Gasteiger partial charge in [-0.1, -0.05) is 73.0 Å². The van der Waals surface area contributed by atoms with Crippen molar-refractivity contribution < 1.29 is 24.2 Å². The van der Waals surface area contributed by atoms with Crippen molar-refractivity contribution in [3.8, 4) is 0 Å². The summed E-state index contributed by atoms with van der Waals surface area (Å²) in [5.41, 5.74) is 10.3. The average molecular weight is 669 g/mol.